The maximum Gasteiger partial charge on any atom is 0.234 e. The Bertz CT molecular complexity index is 1020. The third kappa shape index (κ3) is 7.47. The Balaban J connectivity index is 1.43. The topological polar surface area (TPSA) is 71.6 Å². The maximum absolute atomic E-state index is 12.2. The van der Waals surface area contributed by atoms with Crippen LogP contribution in [0.5, 0.6) is 11.5 Å². The molecule has 0 saturated heterocycles. The van der Waals surface area contributed by atoms with E-state index in [9.17, 15) is 4.79 Å². The number of rotatable bonds is 9. The first kappa shape index (κ1) is 23.4. The molecule has 0 aliphatic rings. The average molecular weight is 468 g/mol. The standard InChI is InChI=1S/C24H25N3O3S2/c1-3-30-21-12-6-18(7-13-21)26-24(31)27-19-8-14-22(15-9-19)32-16-23(28)25-17-4-10-20(29-2)11-5-17/h4-15H,3,16H2,1-2H3,(H,25,28)(H2,26,27,31). The summed E-state index contributed by atoms with van der Waals surface area (Å²) in [5.41, 5.74) is 2.48. The quantitative estimate of drug-likeness (QED) is 0.278. The molecule has 0 spiro atoms. The molecule has 0 aromatic heterocycles. The Hall–Kier alpha value is -3.23. The number of benzene rings is 3. The molecule has 0 fully saturated rings. The van der Waals surface area contributed by atoms with Crippen LogP contribution in [0.4, 0.5) is 17.1 Å². The summed E-state index contributed by atoms with van der Waals surface area (Å²) in [6.45, 7) is 2.58. The van der Waals surface area contributed by atoms with Crippen molar-refractivity contribution in [1.29, 1.82) is 0 Å². The zero-order chi connectivity index (χ0) is 22.8. The summed E-state index contributed by atoms with van der Waals surface area (Å²) < 4.78 is 10.6. The van der Waals surface area contributed by atoms with Gasteiger partial charge < -0.3 is 25.4 Å². The van der Waals surface area contributed by atoms with Crippen LogP contribution < -0.4 is 25.4 Å². The van der Waals surface area contributed by atoms with Gasteiger partial charge in [-0.15, -0.1) is 11.8 Å². The highest BCUT2D eigenvalue weighted by atomic mass is 32.2. The highest BCUT2D eigenvalue weighted by Gasteiger charge is 2.05. The first-order valence-electron chi connectivity index (χ1n) is 10.0. The number of thioether (sulfide) groups is 1. The fraction of sp³-hybridized carbons (Fsp3) is 0.167. The van der Waals surface area contributed by atoms with Crippen molar-refractivity contribution in [3.63, 3.8) is 0 Å². The van der Waals surface area contributed by atoms with E-state index in [1.165, 1.54) is 11.8 Å². The number of thiocarbonyl (C=S) groups is 1. The SMILES string of the molecule is CCOc1ccc(NC(=S)Nc2ccc(SCC(=O)Nc3ccc(OC)cc3)cc2)cc1. The number of hydrogen-bond acceptors (Lipinski definition) is 5. The summed E-state index contributed by atoms with van der Waals surface area (Å²) in [4.78, 5) is 13.2. The van der Waals surface area contributed by atoms with Gasteiger partial charge in [0.05, 0.1) is 19.5 Å². The molecule has 0 saturated carbocycles. The molecular formula is C24H25N3O3S2. The van der Waals surface area contributed by atoms with Crippen LogP contribution in [0.15, 0.2) is 77.7 Å². The predicted molar refractivity (Wildman–Crippen MR) is 136 cm³/mol. The molecule has 8 heteroatoms. The van der Waals surface area contributed by atoms with E-state index in [2.05, 4.69) is 16.0 Å². The van der Waals surface area contributed by atoms with E-state index in [-0.39, 0.29) is 5.91 Å². The van der Waals surface area contributed by atoms with Gasteiger partial charge in [-0.1, -0.05) is 0 Å². The molecule has 0 atom stereocenters. The number of amides is 1. The molecule has 1 amide bonds. The molecule has 32 heavy (non-hydrogen) atoms. The lowest BCUT2D eigenvalue weighted by Crippen LogP contribution is -2.18. The number of carbonyl (C=O) groups is 1. The summed E-state index contributed by atoms with van der Waals surface area (Å²) in [5.74, 6) is 1.82. The predicted octanol–water partition coefficient (Wildman–Crippen LogP) is 5.63. The highest BCUT2D eigenvalue weighted by Crippen LogP contribution is 2.22. The Labute approximate surface area is 197 Å². The monoisotopic (exact) mass is 467 g/mol. The van der Waals surface area contributed by atoms with E-state index >= 15 is 0 Å². The maximum atomic E-state index is 12.2. The molecule has 0 aliphatic heterocycles. The molecule has 0 bridgehead atoms. The van der Waals surface area contributed by atoms with E-state index in [1.54, 1.807) is 7.11 Å². The molecule has 3 N–H and O–H groups in total. The molecule has 0 aliphatic carbocycles. The Morgan fingerprint density at radius 2 is 1.31 bits per heavy atom. The number of hydrogen-bond donors (Lipinski definition) is 3. The van der Waals surface area contributed by atoms with Gasteiger partial charge in [0, 0.05) is 22.0 Å². The Kier molecular flexibility index (Phi) is 8.77. The minimum absolute atomic E-state index is 0.0666. The molecule has 6 nitrogen and oxygen atoms in total. The highest BCUT2D eigenvalue weighted by molar-refractivity contribution is 8.00. The van der Waals surface area contributed by atoms with Gasteiger partial charge in [-0.2, -0.15) is 0 Å². The van der Waals surface area contributed by atoms with Crippen LogP contribution >= 0.6 is 24.0 Å². The van der Waals surface area contributed by atoms with Crippen LogP contribution in [-0.2, 0) is 4.79 Å². The van der Waals surface area contributed by atoms with Gasteiger partial charge >= 0.3 is 0 Å². The fourth-order valence-electron chi connectivity index (χ4n) is 2.75. The second-order valence-electron chi connectivity index (χ2n) is 6.63. The number of methoxy groups -OCH3 is 1. The minimum Gasteiger partial charge on any atom is -0.497 e. The van der Waals surface area contributed by atoms with Gasteiger partial charge in [-0.05, 0) is 91.9 Å². The van der Waals surface area contributed by atoms with E-state index < -0.39 is 0 Å². The molecule has 0 radical (unpaired) electrons. The van der Waals surface area contributed by atoms with Crippen molar-refractivity contribution in [2.24, 2.45) is 0 Å². The minimum atomic E-state index is -0.0666. The second-order valence-corrected chi connectivity index (χ2v) is 8.08. The summed E-state index contributed by atoms with van der Waals surface area (Å²) in [5, 5.41) is 9.67. The van der Waals surface area contributed by atoms with Crippen LogP contribution in [0.2, 0.25) is 0 Å². The normalized spacial score (nSPS) is 10.2. The van der Waals surface area contributed by atoms with E-state index in [1.807, 2.05) is 79.7 Å². The van der Waals surface area contributed by atoms with Crippen molar-refractivity contribution >= 4 is 52.1 Å². The van der Waals surface area contributed by atoms with Crippen molar-refractivity contribution in [3.05, 3.63) is 72.8 Å². The van der Waals surface area contributed by atoms with Gasteiger partial charge in [0.1, 0.15) is 11.5 Å². The third-order valence-corrected chi connectivity index (χ3v) is 5.50. The first-order valence-corrected chi connectivity index (χ1v) is 11.4. The number of carbonyl (C=O) groups excluding carboxylic acids is 1. The van der Waals surface area contributed by atoms with Gasteiger partial charge in [-0.25, -0.2) is 0 Å². The number of ether oxygens (including phenoxy) is 2. The molecule has 3 rings (SSSR count). The van der Waals surface area contributed by atoms with E-state index in [0.29, 0.717) is 17.5 Å². The Morgan fingerprint density at radius 1 is 0.812 bits per heavy atom. The summed E-state index contributed by atoms with van der Waals surface area (Å²) >= 11 is 6.84. The molecular weight excluding hydrogens is 442 g/mol. The summed E-state index contributed by atoms with van der Waals surface area (Å²) in [7, 11) is 1.61. The number of anilines is 3. The third-order valence-electron chi connectivity index (χ3n) is 4.28. The molecule has 0 unspecified atom stereocenters. The molecule has 3 aromatic carbocycles. The second kappa shape index (κ2) is 12.0. The molecule has 166 valence electrons. The largest absolute Gasteiger partial charge is 0.497 e. The van der Waals surface area contributed by atoms with Crippen LogP contribution in [0.3, 0.4) is 0 Å². The van der Waals surface area contributed by atoms with E-state index in [0.717, 1.165) is 33.5 Å². The van der Waals surface area contributed by atoms with Crippen LogP contribution in [0, 0.1) is 0 Å². The van der Waals surface area contributed by atoms with Crippen molar-refractivity contribution < 1.29 is 14.3 Å². The van der Waals surface area contributed by atoms with Gasteiger partial charge in [0.15, 0.2) is 5.11 Å². The molecule has 3 aromatic rings. The van der Waals surface area contributed by atoms with Gasteiger partial charge in [0.2, 0.25) is 5.91 Å². The summed E-state index contributed by atoms with van der Waals surface area (Å²) in [6.07, 6.45) is 0. The smallest absolute Gasteiger partial charge is 0.234 e. The van der Waals surface area contributed by atoms with Crippen LogP contribution in [0.1, 0.15) is 6.92 Å². The van der Waals surface area contributed by atoms with Crippen molar-refractivity contribution in [2.75, 3.05) is 35.4 Å². The first-order chi connectivity index (χ1) is 15.6. The zero-order valence-electron chi connectivity index (χ0n) is 17.9. The lowest BCUT2D eigenvalue weighted by molar-refractivity contribution is -0.113. The Morgan fingerprint density at radius 3 is 1.84 bits per heavy atom. The van der Waals surface area contributed by atoms with Crippen molar-refractivity contribution in [2.45, 2.75) is 11.8 Å². The zero-order valence-corrected chi connectivity index (χ0v) is 19.5. The van der Waals surface area contributed by atoms with Crippen molar-refractivity contribution in [1.82, 2.24) is 0 Å². The summed E-state index contributed by atoms with van der Waals surface area (Å²) in [6, 6.07) is 22.6. The number of nitrogens with one attached hydrogen (secondary N) is 3. The molecule has 0 heterocycles. The fourth-order valence-corrected chi connectivity index (χ4v) is 3.68. The van der Waals surface area contributed by atoms with Gasteiger partial charge in [0.25, 0.3) is 0 Å². The van der Waals surface area contributed by atoms with Crippen LogP contribution in [-0.4, -0.2) is 30.5 Å². The average Bonchev–Trinajstić information content (AvgIpc) is 2.80. The van der Waals surface area contributed by atoms with E-state index in [4.69, 9.17) is 21.7 Å². The lowest BCUT2D eigenvalue weighted by atomic mass is 10.3. The van der Waals surface area contributed by atoms with Gasteiger partial charge in [-0.3, -0.25) is 4.79 Å². The van der Waals surface area contributed by atoms with Crippen molar-refractivity contribution in [3.8, 4) is 11.5 Å². The van der Waals surface area contributed by atoms with Crippen LogP contribution in [0.25, 0.3) is 0 Å². The lowest BCUT2D eigenvalue weighted by Gasteiger charge is -2.12.